The summed E-state index contributed by atoms with van der Waals surface area (Å²) in [6, 6.07) is 16.1. The SMILES string of the molecule is N#C/C(=C/c1cccc(OS(=O)(=O)c2ccc([N+](=O)[O-])cc2)c1)C(=O)Nc1cc(Cl)ccc1Cl. The van der Waals surface area contributed by atoms with Gasteiger partial charge in [-0.15, -0.1) is 0 Å². The van der Waals surface area contributed by atoms with Crippen LogP contribution in [0.4, 0.5) is 11.4 Å². The van der Waals surface area contributed by atoms with Gasteiger partial charge in [-0.05, 0) is 54.1 Å². The van der Waals surface area contributed by atoms with Crippen molar-refractivity contribution in [2.75, 3.05) is 5.32 Å². The highest BCUT2D eigenvalue weighted by atomic mass is 35.5. The fourth-order valence-corrected chi connectivity index (χ4v) is 3.92. The lowest BCUT2D eigenvalue weighted by atomic mass is 10.1. The number of nitro benzene ring substituents is 1. The number of hydrogen-bond donors (Lipinski definition) is 1. The lowest BCUT2D eigenvalue weighted by molar-refractivity contribution is -0.384. The Morgan fingerprint density at radius 1 is 1.09 bits per heavy atom. The molecule has 0 bridgehead atoms. The van der Waals surface area contributed by atoms with Crippen LogP contribution in [0.2, 0.25) is 10.0 Å². The molecular formula is C22H13Cl2N3O6S. The average Bonchev–Trinajstić information content (AvgIpc) is 2.79. The minimum Gasteiger partial charge on any atom is -0.379 e. The summed E-state index contributed by atoms with van der Waals surface area (Å²) in [7, 11) is -4.29. The Bertz CT molecular complexity index is 1450. The van der Waals surface area contributed by atoms with Crippen molar-refractivity contribution in [3.8, 4) is 11.8 Å². The third-order valence-electron chi connectivity index (χ3n) is 4.25. The van der Waals surface area contributed by atoms with Gasteiger partial charge in [-0.2, -0.15) is 13.7 Å². The van der Waals surface area contributed by atoms with Crippen LogP contribution in [0.25, 0.3) is 6.08 Å². The molecule has 3 aromatic rings. The predicted octanol–water partition coefficient (Wildman–Crippen LogP) is 5.21. The van der Waals surface area contributed by atoms with Crippen LogP contribution >= 0.6 is 23.2 Å². The molecule has 9 nitrogen and oxygen atoms in total. The second kappa shape index (κ2) is 10.4. The Hall–Kier alpha value is -3.91. The topological polar surface area (TPSA) is 139 Å². The van der Waals surface area contributed by atoms with E-state index in [0.29, 0.717) is 10.6 Å². The number of hydrogen-bond acceptors (Lipinski definition) is 7. The first-order valence-electron chi connectivity index (χ1n) is 9.26. The van der Waals surface area contributed by atoms with Crippen LogP contribution < -0.4 is 9.50 Å². The second-order valence-electron chi connectivity index (χ2n) is 6.61. The number of anilines is 1. The molecule has 12 heteroatoms. The number of carbonyl (C=O) groups excluding carboxylic acids is 1. The Balaban J connectivity index is 1.81. The molecule has 0 unspecified atom stereocenters. The first-order valence-corrected chi connectivity index (χ1v) is 11.4. The minimum absolute atomic E-state index is 0.0947. The molecule has 0 aliphatic heterocycles. The molecule has 0 aliphatic rings. The number of nitro groups is 1. The maximum Gasteiger partial charge on any atom is 0.339 e. The van der Waals surface area contributed by atoms with Gasteiger partial charge in [0.05, 0.1) is 15.6 Å². The second-order valence-corrected chi connectivity index (χ2v) is 9.00. The zero-order chi connectivity index (χ0) is 24.9. The van der Waals surface area contributed by atoms with Crippen molar-refractivity contribution in [3.05, 3.63) is 98.0 Å². The first kappa shape index (κ1) is 24.7. The van der Waals surface area contributed by atoms with Crippen molar-refractivity contribution in [2.24, 2.45) is 0 Å². The number of nitrogens with zero attached hydrogens (tertiary/aromatic N) is 2. The number of nitrogens with one attached hydrogen (secondary N) is 1. The molecule has 0 fully saturated rings. The van der Waals surface area contributed by atoms with Crippen LogP contribution in [0, 0.1) is 21.4 Å². The van der Waals surface area contributed by atoms with Crippen LogP contribution in [0.5, 0.6) is 5.75 Å². The van der Waals surface area contributed by atoms with Crippen molar-refractivity contribution >= 4 is 56.7 Å². The van der Waals surface area contributed by atoms with E-state index in [0.717, 1.165) is 24.3 Å². The molecule has 1 N–H and O–H groups in total. The number of benzene rings is 3. The summed E-state index contributed by atoms with van der Waals surface area (Å²) in [6.07, 6.45) is 1.24. The number of carbonyl (C=O) groups is 1. The van der Waals surface area contributed by atoms with E-state index < -0.39 is 20.9 Å². The van der Waals surface area contributed by atoms with E-state index in [9.17, 15) is 28.6 Å². The third-order valence-corrected chi connectivity index (χ3v) is 6.08. The molecule has 0 heterocycles. The molecule has 1 amide bonds. The van der Waals surface area contributed by atoms with E-state index in [1.807, 2.05) is 0 Å². The Morgan fingerprint density at radius 2 is 1.79 bits per heavy atom. The number of nitriles is 1. The zero-order valence-electron chi connectivity index (χ0n) is 16.9. The quantitative estimate of drug-likeness (QED) is 0.149. The summed E-state index contributed by atoms with van der Waals surface area (Å²) < 4.78 is 30.1. The number of non-ortho nitro benzene ring substituents is 1. The summed E-state index contributed by atoms with van der Waals surface area (Å²) >= 11 is 11.9. The van der Waals surface area contributed by atoms with Gasteiger partial charge < -0.3 is 9.50 Å². The lowest BCUT2D eigenvalue weighted by Crippen LogP contribution is -2.13. The molecule has 3 rings (SSSR count). The van der Waals surface area contributed by atoms with Gasteiger partial charge in [0, 0.05) is 17.2 Å². The van der Waals surface area contributed by atoms with Gasteiger partial charge in [0.25, 0.3) is 11.6 Å². The van der Waals surface area contributed by atoms with E-state index in [-0.39, 0.29) is 32.6 Å². The molecule has 0 saturated heterocycles. The first-order chi connectivity index (χ1) is 16.1. The van der Waals surface area contributed by atoms with Crippen molar-refractivity contribution in [1.29, 1.82) is 5.26 Å². The lowest BCUT2D eigenvalue weighted by Gasteiger charge is -2.08. The van der Waals surface area contributed by atoms with Crippen molar-refractivity contribution in [1.82, 2.24) is 0 Å². The maximum atomic E-state index is 12.5. The van der Waals surface area contributed by atoms with Gasteiger partial charge in [-0.3, -0.25) is 14.9 Å². The maximum absolute atomic E-state index is 12.5. The molecule has 3 aromatic carbocycles. The fourth-order valence-electron chi connectivity index (χ4n) is 2.66. The van der Waals surface area contributed by atoms with Gasteiger partial charge in [0.2, 0.25) is 0 Å². The van der Waals surface area contributed by atoms with Gasteiger partial charge in [-0.1, -0.05) is 35.3 Å². The molecule has 34 heavy (non-hydrogen) atoms. The summed E-state index contributed by atoms with van der Waals surface area (Å²) in [4.78, 5) is 22.3. The van der Waals surface area contributed by atoms with Gasteiger partial charge in [-0.25, -0.2) is 0 Å². The smallest absolute Gasteiger partial charge is 0.339 e. The molecule has 172 valence electrons. The fraction of sp³-hybridized carbons (Fsp3) is 0. The van der Waals surface area contributed by atoms with Crippen molar-refractivity contribution in [2.45, 2.75) is 4.90 Å². The number of amides is 1. The average molecular weight is 518 g/mol. The number of halogens is 2. The van der Waals surface area contributed by atoms with Crippen LogP contribution in [-0.2, 0) is 14.9 Å². The molecule has 0 radical (unpaired) electrons. The Kier molecular flexibility index (Phi) is 7.53. The third kappa shape index (κ3) is 6.11. The van der Waals surface area contributed by atoms with Gasteiger partial charge in [0.1, 0.15) is 22.3 Å². The highest BCUT2D eigenvalue weighted by molar-refractivity contribution is 7.87. The monoisotopic (exact) mass is 517 g/mol. The number of rotatable bonds is 7. The van der Waals surface area contributed by atoms with E-state index in [4.69, 9.17) is 27.4 Å². The Labute approximate surface area is 204 Å². The van der Waals surface area contributed by atoms with E-state index >= 15 is 0 Å². The summed E-state index contributed by atoms with van der Waals surface area (Å²) in [6.45, 7) is 0. The zero-order valence-corrected chi connectivity index (χ0v) is 19.3. The highest BCUT2D eigenvalue weighted by Gasteiger charge is 2.19. The minimum atomic E-state index is -4.29. The van der Waals surface area contributed by atoms with Crippen LogP contribution in [0.15, 0.2) is 77.2 Å². The van der Waals surface area contributed by atoms with Crippen LogP contribution in [-0.4, -0.2) is 19.2 Å². The summed E-state index contributed by atoms with van der Waals surface area (Å²) in [5, 5.41) is 23.2. The molecular weight excluding hydrogens is 505 g/mol. The van der Waals surface area contributed by atoms with Crippen LogP contribution in [0.3, 0.4) is 0 Å². The molecule has 0 saturated carbocycles. The molecule has 0 aliphatic carbocycles. The van der Waals surface area contributed by atoms with E-state index in [1.165, 1.54) is 48.5 Å². The van der Waals surface area contributed by atoms with Crippen LogP contribution in [0.1, 0.15) is 5.56 Å². The Morgan fingerprint density at radius 3 is 2.44 bits per heavy atom. The van der Waals surface area contributed by atoms with E-state index in [2.05, 4.69) is 5.32 Å². The molecule has 0 aromatic heterocycles. The highest BCUT2D eigenvalue weighted by Crippen LogP contribution is 2.26. The summed E-state index contributed by atoms with van der Waals surface area (Å²) in [5.74, 6) is -0.848. The van der Waals surface area contributed by atoms with E-state index in [1.54, 1.807) is 6.07 Å². The predicted molar refractivity (Wildman–Crippen MR) is 126 cm³/mol. The standard InChI is InChI=1S/C22H13Cl2N3O6S/c23-16-4-9-20(24)21(12-16)26-22(28)15(13-25)10-14-2-1-3-18(11-14)33-34(31,32)19-7-5-17(6-8-19)27(29)30/h1-12H,(H,26,28)/b15-10-. The van der Waals surface area contributed by atoms with Gasteiger partial charge >= 0.3 is 10.1 Å². The molecule has 0 spiro atoms. The van der Waals surface area contributed by atoms with Crippen molar-refractivity contribution < 1.29 is 22.3 Å². The summed E-state index contributed by atoms with van der Waals surface area (Å²) in [5.41, 5.74) is -0.0363. The normalized spacial score (nSPS) is 11.4. The van der Waals surface area contributed by atoms with Crippen molar-refractivity contribution in [3.63, 3.8) is 0 Å². The largest absolute Gasteiger partial charge is 0.379 e. The molecule has 0 atom stereocenters. The van der Waals surface area contributed by atoms with Gasteiger partial charge in [0.15, 0.2) is 0 Å².